The minimum atomic E-state index is -4.10. The summed E-state index contributed by atoms with van der Waals surface area (Å²) in [4.78, 5) is 0. The Morgan fingerprint density at radius 3 is 1.17 bits per heavy atom. The second kappa shape index (κ2) is 16.1. The van der Waals surface area contributed by atoms with Gasteiger partial charge in [-0.05, 0) is 32.6 Å². The molecular formula is C19H41NO3S. The molecular weight excluding hydrogens is 322 g/mol. The van der Waals surface area contributed by atoms with Gasteiger partial charge in [-0.1, -0.05) is 59.5 Å². The Labute approximate surface area is 151 Å². The molecule has 0 atom stereocenters. The third-order valence-corrected chi connectivity index (χ3v) is 4.85. The fourth-order valence-corrected chi connectivity index (χ4v) is 3.14. The number of quaternary nitrogens is 1. The van der Waals surface area contributed by atoms with Crippen molar-refractivity contribution in [1.82, 2.24) is 0 Å². The van der Waals surface area contributed by atoms with Crippen LogP contribution in [0.15, 0.2) is 11.5 Å². The van der Waals surface area contributed by atoms with Gasteiger partial charge in [0.15, 0.2) is 0 Å². The molecule has 0 spiro atoms. The normalized spacial score (nSPS) is 12.2. The van der Waals surface area contributed by atoms with E-state index < -0.39 is 10.1 Å². The monoisotopic (exact) mass is 363 g/mol. The van der Waals surface area contributed by atoms with Crippen LogP contribution in [0.5, 0.6) is 0 Å². The van der Waals surface area contributed by atoms with E-state index in [1.807, 2.05) is 0 Å². The molecule has 0 fully saturated rings. The highest BCUT2D eigenvalue weighted by atomic mass is 32.2. The molecule has 0 aliphatic heterocycles. The molecule has 0 saturated heterocycles. The van der Waals surface area contributed by atoms with E-state index in [-0.39, 0.29) is 0 Å². The van der Waals surface area contributed by atoms with Crippen molar-refractivity contribution in [3.8, 4) is 0 Å². The summed E-state index contributed by atoms with van der Waals surface area (Å²) in [6.07, 6.45) is 12.2. The van der Waals surface area contributed by atoms with Crippen molar-refractivity contribution in [3.05, 3.63) is 11.5 Å². The van der Waals surface area contributed by atoms with Crippen molar-refractivity contribution in [2.45, 2.75) is 86.0 Å². The highest BCUT2D eigenvalue weighted by Gasteiger charge is 2.24. The molecule has 0 aromatic rings. The zero-order chi connectivity index (χ0) is 18.9. The molecule has 4 nitrogen and oxygen atoms in total. The van der Waals surface area contributed by atoms with Crippen LogP contribution in [0.25, 0.3) is 0 Å². The Morgan fingerprint density at radius 2 is 1.04 bits per heavy atom. The minimum absolute atomic E-state index is 0.604. The lowest BCUT2D eigenvalue weighted by molar-refractivity contribution is -0.929. The van der Waals surface area contributed by atoms with Crippen molar-refractivity contribution in [1.29, 1.82) is 0 Å². The molecule has 0 saturated carbocycles. The molecule has 0 rings (SSSR count). The Balaban J connectivity index is 0. The summed E-state index contributed by atoms with van der Waals surface area (Å²) in [7, 11) is -4.10. The smallest absolute Gasteiger partial charge is 0.117 e. The topological polar surface area (TPSA) is 57.2 Å². The molecule has 0 amide bonds. The van der Waals surface area contributed by atoms with Gasteiger partial charge in [0.05, 0.1) is 26.2 Å². The summed E-state index contributed by atoms with van der Waals surface area (Å²) in [6.45, 7) is 16.5. The number of nitrogens with zero attached hydrogens (tertiary/aromatic N) is 1. The fraction of sp³-hybridized carbons (Fsp3) is 0.895. The van der Waals surface area contributed by atoms with Crippen molar-refractivity contribution < 1.29 is 17.5 Å². The predicted molar refractivity (Wildman–Crippen MR) is 104 cm³/mol. The lowest BCUT2D eigenvalue weighted by Crippen LogP contribution is -2.50. The fourth-order valence-electron chi connectivity index (χ4n) is 2.81. The Morgan fingerprint density at radius 1 is 0.750 bits per heavy atom. The minimum Gasteiger partial charge on any atom is -0.744 e. The molecule has 0 aromatic heterocycles. The first kappa shape index (κ1) is 25.8. The number of unbranched alkanes of at least 4 members (excludes halogenated alkanes) is 4. The molecule has 0 N–H and O–H groups in total. The van der Waals surface area contributed by atoms with Crippen LogP contribution in [-0.2, 0) is 10.1 Å². The summed E-state index contributed by atoms with van der Waals surface area (Å²) in [5, 5.41) is 0.604. The van der Waals surface area contributed by atoms with Gasteiger partial charge in [0.25, 0.3) is 0 Å². The third-order valence-electron chi connectivity index (χ3n) is 4.25. The van der Waals surface area contributed by atoms with E-state index in [4.69, 9.17) is 0 Å². The number of hydrogen-bond acceptors (Lipinski definition) is 3. The second-order valence-corrected chi connectivity index (χ2v) is 7.87. The number of allylic oxidation sites excluding steroid dienone is 1. The largest absolute Gasteiger partial charge is 0.744 e. The van der Waals surface area contributed by atoms with Crippen molar-refractivity contribution in [2.75, 3.05) is 26.2 Å². The molecule has 0 aliphatic rings. The van der Waals surface area contributed by atoms with Crippen molar-refractivity contribution >= 4 is 10.1 Å². The maximum atomic E-state index is 9.59. The Hall–Kier alpha value is -0.390. The first-order valence-electron chi connectivity index (χ1n) is 9.74. The van der Waals surface area contributed by atoms with E-state index in [1.54, 1.807) is 0 Å². The van der Waals surface area contributed by atoms with Gasteiger partial charge in [-0.15, -0.1) is 0 Å². The molecule has 24 heavy (non-hydrogen) atoms. The van der Waals surface area contributed by atoms with E-state index in [9.17, 15) is 13.0 Å². The van der Waals surface area contributed by atoms with Crippen LogP contribution in [0.2, 0.25) is 0 Å². The average Bonchev–Trinajstić information content (AvgIpc) is 2.53. The summed E-state index contributed by atoms with van der Waals surface area (Å²) < 4.78 is 30.2. The molecule has 0 heterocycles. The molecule has 0 aliphatic carbocycles. The van der Waals surface area contributed by atoms with E-state index in [2.05, 4.69) is 27.7 Å². The molecule has 146 valence electrons. The summed E-state index contributed by atoms with van der Waals surface area (Å²) in [5.41, 5.74) is 0. The molecule has 0 radical (unpaired) electrons. The quantitative estimate of drug-likeness (QED) is 0.339. The average molecular weight is 364 g/mol. The highest BCUT2D eigenvalue weighted by Crippen LogP contribution is 2.16. The van der Waals surface area contributed by atoms with E-state index in [0.717, 1.165) is 0 Å². The van der Waals surface area contributed by atoms with Gasteiger partial charge in [-0.2, -0.15) is 0 Å². The van der Waals surface area contributed by atoms with Gasteiger partial charge >= 0.3 is 0 Å². The first-order valence-corrected chi connectivity index (χ1v) is 11.2. The standard InChI is InChI=1S/C16H36N.C3H6O3S/c1-5-9-13-17(14-10-6-2,15-11-7-3)16-12-8-4;1-2-3-7(4,5)6/h5-16H2,1-4H3;2-3H,1H3,(H,4,5,6)/q+1;/p-1/b;3-2+. The maximum Gasteiger partial charge on any atom is 0.117 e. The SMILES string of the molecule is C/C=C/S(=O)(=O)[O-].CCCC[N+](CCCC)(CCCC)CCCC. The van der Waals surface area contributed by atoms with Gasteiger partial charge in [-0.3, -0.25) is 0 Å². The van der Waals surface area contributed by atoms with Gasteiger partial charge in [0, 0.05) is 5.41 Å². The summed E-state index contributed by atoms with van der Waals surface area (Å²) >= 11 is 0. The van der Waals surface area contributed by atoms with Crippen LogP contribution in [0.1, 0.15) is 86.0 Å². The van der Waals surface area contributed by atoms with Crippen LogP contribution in [0.4, 0.5) is 0 Å². The van der Waals surface area contributed by atoms with E-state index in [1.165, 1.54) is 95.0 Å². The van der Waals surface area contributed by atoms with Gasteiger partial charge in [-0.25, -0.2) is 8.42 Å². The Bertz CT molecular complexity index is 354. The van der Waals surface area contributed by atoms with Crippen molar-refractivity contribution in [2.24, 2.45) is 0 Å². The van der Waals surface area contributed by atoms with Crippen LogP contribution in [0, 0.1) is 0 Å². The maximum absolute atomic E-state index is 9.59. The molecule has 5 heteroatoms. The predicted octanol–water partition coefficient (Wildman–Crippen LogP) is 5.07. The molecule has 0 unspecified atom stereocenters. The lowest BCUT2D eigenvalue weighted by Gasteiger charge is -2.39. The van der Waals surface area contributed by atoms with Gasteiger partial charge in [0.1, 0.15) is 10.1 Å². The summed E-state index contributed by atoms with van der Waals surface area (Å²) in [5.74, 6) is 0. The number of hydrogen-bond donors (Lipinski definition) is 0. The van der Waals surface area contributed by atoms with Crippen LogP contribution in [-0.4, -0.2) is 43.6 Å². The third kappa shape index (κ3) is 16.5. The van der Waals surface area contributed by atoms with E-state index >= 15 is 0 Å². The zero-order valence-corrected chi connectivity index (χ0v) is 17.5. The lowest BCUT2D eigenvalue weighted by atomic mass is 10.1. The summed E-state index contributed by atoms with van der Waals surface area (Å²) in [6, 6.07) is 0. The van der Waals surface area contributed by atoms with Crippen molar-refractivity contribution in [3.63, 3.8) is 0 Å². The van der Waals surface area contributed by atoms with Crippen LogP contribution in [0.3, 0.4) is 0 Å². The van der Waals surface area contributed by atoms with Crippen LogP contribution < -0.4 is 0 Å². The first-order chi connectivity index (χ1) is 11.3. The highest BCUT2D eigenvalue weighted by molar-refractivity contribution is 7.88. The molecule has 0 bridgehead atoms. The van der Waals surface area contributed by atoms with Crippen LogP contribution >= 0.6 is 0 Å². The Kier molecular flexibility index (Phi) is 17.3. The second-order valence-electron chi connectivity index (χ2n) is 6.61. The van der Waals surface area contributed by atoms with E-state index in [0.29, 0.717) is 5.41 Å². The number of rotatable bonds is 13. The van der Waals surface area contributed by atoms with Gasteiger partial charge < -0.3 is 9.04 Å². The molecule has 0 aromatic carbocycles. The zero-order valence-electron chi connectivity index (χ0n) is 16.7. The van der Waals surface area contributed by atoms with Gasteiger partial charge in [0.2, 0.25) is 0 Å².